The predicted molar refractivity (Wildman–Crippen MR) is 53.3 cm³/mol. The number of carbonyl (C=O) groups is 1. The van der Waals surface area contributed by atoms with E-state index in [0.29, 0.717) is 5.56 Å². The van der Waals surface area contributed by atoms with Crippen LogP contribution in [-0.2, 0) is 0 Å². The van der Waals surface area contributed by atoms with Crippen LogP contribution in [0.25, 0.3) is 10.1 Å². The average molecular weight is 206 g/mol. The maximum atomic E-state index is 10.7. The van der Waals surface area contributed by atoms with E-state index in [2.05, 4.69) is 0 Å². The Bertz CT molecular complexity index is 515. The molecule has 0 amide bonds. The number of fused-ring (bicyclic) bond motifs is 2. The highest BCUT2D eigenvalue weighted by molar-refractivity contribution is 7.17. The van der Waals surface area contributed by atoms with Crippen LogP contribution in [0, 0.1) is 0 Å². The topological polar surface area (TPSA) is 35.5 Å². The highest BCUT2D eigenvalue weighted by Gasteiger charge is 2.16. The molecule has 2 aromatic rings. The summed E-state index contributed by atoms with van der Waals surface area (Å²) >= 11 is 1.54. The van der Waals surface area contributed by atoms with E-state index in [4.69, 9.17) is 9.47 Å². The molecule has 0 radical (unpaired) electrons. The van der Waals surface area contributed by atoms with Crippen molar-refractivity contribution in [3.8, 4) is 11.5 Å². The van der Waals surface area contributed by atoms with Gasteiger partial charge in [-0.25, -0.2) is 0 Å². The summed E-state index contributed by atoms with van der Waals surface area (Å²) in [4.78, 5) is 10.7. The Labute approximate surface area is 83.9 Å². The molecule has 0 saturated carbocycles. The van der Waals surface area contributed by atoms with E-state index in [0.717, 1.165) is 27.9 Å². The normalized spacial score (nSPS) is 13.4. The highest BCUT2D eigenvalue weighted by atomic mass is 32.1. The van der Waals surface area contributed by atoms with Crippen LogP contribution in [-0.4, -0.2) is 13.1 Å². The van der Waals surface area contributed by atoms with Crippen LogP contribution in [0.5, 0.6) is 11.5 Å². The van der Waals surface area contributed by atoms with Crippen molar-refractivity contribution in [3.63, 3.8) is 0 Å². The van der Waals surface area contributed by atoms with E-state index in [1.807, 2.05) is 17.5 Å². The van der Waals surface area contributed by atoms with Gasteiger partial charge in [-0.3, -0.25) is 4.79 Å². The van der Waals surface area contributed by atoms with Crippen molar-refractivity contribution in [3.05, 3.63) is 23.1 Å². The van der Waals surface area contributed by atoms with E-state index < -0.39 is 0 Å². The van der Waals surface area contributed by atoms with Gasteiger partial charge in [0.05, 0.1) is 0 Å². The molecule has 0 saturated heterocycles. The zero-order valence-corrected chi connectivity index (χ0v) is 7.97. The molecule has 0 N–H and O–H groups in total. The standard InChI is InChI=1S/C10H6O3S/c11-3-6-4-14-10-2-9-8(1-7(6)10)12-5-13-9/h1-4H,5H2. The first-order chi connectivity index (χ1) is 6.88. The SMILES string of the molecule is O=Cc1csc2cc3c(cc12)OCO3. The smallest absolute Gasteiger partial charge is 0.231 e. The second-order valence-electron chi connectivity index (χ2n) is 3.01. The number of thiophene rings is 1. The first-order valence-corrected chi connectivity index (χ1v) is 5.02. The van der Waals surface area contributed by atoms with E-state index in [1.54, 1.807) is 0 Å². The molecule has 4 heteroatoms. The van der Waals surface area contributed by atoms with Crippen LogP contribution in [0.3, 0.4) is 0 Å². The molecule has 2 heterocycles. The Morgan fingerprint density at radius 3 is 2.86 bits per heavy atom. The van der Waals surface area contributed by atoms with Gasteiger partial charge in [0, 0.05) is 27.1 Å². The van der Waals surface area contributed by atoms with Crippen LogP contribution in [0.2, 0.25) is 0 Å². The molecule has 1 aromatic heterocycles. The second-order valence-corrected chi connectivity index (χ2v) is 3.92. The summed E-state index contributed by atoms with van der Waals surface area (Å²) in [6.45, 7) is 0.267. The number of carbonyl (C=O) groups excluding carboxylic acids is 1. The third kappa shape index (κ3) is 0.943. The molecule has 0 aliphatic carbocycles. The molecule has 0 spiro atoms. The van der Waals surface area contributed by atoms with Gasteiger partial charge in [-0.2, -0.15) is 0 Å². The van der Waals surface area contributed by atoms with E-state index in [1.165, 1.54) is 11.3 Å². The summed E-state index contributed by atoms with van der Waals surface area (Å²) in [5.74, 6) is 1.48. The monoisotopic (exact) mass is 206 g/mol. The molecule has 0 unspecified atom stereocenters. The minimum atomic E-state index is 0.267. The Kier molecular flexibility index (Phi) is 1.52. The molecule has 0 fully saturated rings. The van der Waals surface area contributed by atoms with Crippen molar-refractivity contribution >= 4 is 27.7 Å². The van der Waals surface area contributed by atoms with Gasteiger partial charge in [0.25, 0.3) is 0 Å². The number of hydrogen-bond acceptors (Lipinski definition) is 4. The van der Waals surface area contributed by atoms with Crippen molar-refractivity contribution in [1.82, 2.24) is 0 Å². The molecule has 1 aliphatic heterocycles. The third-order valence-electron chi connectivity index (χ3n) is 2.23. The van der Waals surface area contributed by atoms with Crippen molar-refractivity contribution in [2.24, 2.45) is 0 Å². The number of ether oxygens (including phenoxy) is 2. The van der Waals surface area contributed by atoms with Crippen LogP contribution in [0.4, 0.5) is 0 Å². The summed E-state index contributed by atoms with van der Waals surface area (Å²) in [6, 6.07) is 3.77. The minimum Gasteiger partial charge on any atom is -0.454 e. The summed E-state index contributed by atoms with van der Waals surface area (Å²) in [5, 5.41) is 2.78. The van der Waals surface area contributed by atoms with Gasteiger partial charge in [-0.15, -0.1) is 11.3 Å². The van der Waals surface area contributed by atoms with E-state index in [9.17, 15) is 4.79 Å². The van der Waals surface area contributed by atoms with Gasteiger partial charge < -0.3 is 9.47 Å². The highest BCUT2D eigenvalue weighted by Crippen LogP contribution is 2.39. The maximum absolute atomic E-state index is 10.7. The van der Waals surface area contributed by atoms with Crippen molar-refractivity contribution in [2.45, 2.75) is 0 Å². The molecule has 1 aromatic carbocycles. The quantitative estimate of drug-likeness (QED) is 0.672. The molecule has 3 nitrogen and oxygen atoms in total. The fraction of sp³-hybridized carbons (Fsp3) is 0.100. The lowest BCUT2D eigenvalue weighted by molar-refractivity contribution is 0.112. The lowest BCUT2D eigenvalue weighted by atomic mass is 10.2. The Morgan fingerprint density at radius 2 is 2.07 bits per heavy atom. The van der Waals surface area contributed by atoms with E-state index in [-0.39, 0.29) is 6.79 Å². The molecule has 14 heavy (non-hydrogen) atoms. The minimum absolute atomic E-state index is 0.267. The predicted octanol–water partition coefficient (Wildman–Crippen LogP) is 2.44. The Balaban J connectivity index is 2.35. The van der Waals surface area contributed by atoms with Crippen LogP contribution in [0.15, 0.2) is 17.5 Å². The van der Waals surface area contributed by atoms with Gasteiger partial charge in [-0.05, 0) is 6.07 Å². The molecule has 3 rings (SSSR count). The van der Waals surface area contributed by atoms with Gasteiger partial charge in [0.1, 0.15) is 0 Å². The molecule has 0 bridgehead atoms. The molecule has 70 valence electrons. The first-order valence-electron chi connectivity index (χ1n) is 4.14. The zero-order valence-electron chi connectivity index (χ0n) is 7.15. The van der Waals surface area contributed by atoms with Gasteiger partial charge in [-0.1, -0.05) is 0 Å². The fourth-order valence-corrected chi connectivity index (χ4v) is 2.44. The molecule has 0 atom stereocenters. The lowest BCUT2D eigenvalue weighted by Crippen LogP contribution is -1.92. The third-order valence-corrected chi connectivity index (χ3v) is 3.19. The summed E-state index contributed by atoms with van der Waals surface area (Å²) in [5.41, 5.74) is 0.711. The van der Waals surface area contributed by atoms with Crippen molar-refractivity contribution in [1.29, 1.82) is 0 Å². The zero-order chi connectivity index (χ0) is 9.54. The molecular weight excluding hydrogens is 200 g/mol. The number of benzene rings is 1. The summed E-state index contributed by atoms with van der Waals surface area (Å²) in [7, 11) is 0. The van der Waals surface area contributed by atoms with Crippen LogP contribution in [0.1, 0.15) is 10.4 Å². The first kappa shape index (κ1) is 7.82. The largest absolute Gasteiger partial charge is 0.454 e. The number of hydrogen-bond donors (Lipinski definition) is 0. The number of aldehydes is 1. The average Bonchev–Trinajstić information content (AvgIpc) is 2.78. The molecular formula is C10H6O3S. The fourth-order valence-electron chi connectivity index (χ4n) is 1.53. The van der Waals surface area contributed by atoms with Gasteiger partial charge in [0.15, 0.2) is 17.8 Å². The van der Waals surface area contributed by atoms with Gasteiger partial charge in [0.2, 0.25) is 6.79 Å². The van der Waals surface area contributed by atoms with E-state index >= 15 is 0 Å². The lowest BCUT2D eigenvalue weighted by Gasteiger charge is -1.95. The molecule has 1 aliphatic rings. The van der Waals surface area contributed by atoms with Crippen LogP contribution < -0.4 is 9.47 Å². The Morgan fingerprint density at radius 1 is 1.29 bits per heavy atom. The number of rotatable bonds is 1. The van der Waals surface area contributed by atoms with Crippen LogP contribution >= 0.6 is 11.3 Å². The van der Waals surface area contributed by atoms with Crippen molar-refractivity contribution < 1.29 is 14.3 Å². The van der Waals surface area contributed by atoms with Crippen molar-refractivity contribution in [2.75, 3.05) is 6.79 Å². The summed E-state index contributed by atoms with van der Waals surface area (Å²) in [6.07, 6.45) is 0.862. The Hall–Kier alpha value is -1.55. The second kappa shape index (κ2) is 2.72. The summed E-state index contributed by atoms with van der Waals surface area (Å²) < 4.78 is 11.5. The van der Waals surface area contributed by atoms with Gasteiger partial charge >= 0.3 is 0 Å². The maximum Gasteiger partial charge on any atom is 0.231 e.